The van der Waals surface area contributed by atoms with Gasteiger partial charge in [-0.25, -0.2) is 4.98 Å². The van der Waals surface area contributed by atoms with Gasteiger partial charge in [0, 0.05) is 314 Å². The molecule has 11 aliphatic rings. The third-order valence-electron chi connectivity index (χ3n) is 14.6. The van der Waals surface area contributed by atoms with Crippen molar-refractivity contribution < 1.29 is 276 Å². The molecule has 11 aliphatic heterocycles. The summed E-state index contributed by atoms with van der Waals surface area (Å²) in [5, 5.41) is 30.6. The number of ether oxygens (including phenoxy) is 1. The van der Waals surface area contributed by atoms with Crippen LogP contribution in [0.3, 0.4) is 0 Å². The zero-order chi connectivity index (χ0) is 60.3. The van der Waals surface area contributed by atoms with E-state index < -0.39 is 0 Å². The topological polar surface area (TPSA) is 183 Å². The summed E-state index contributed by atoms with van der Waals surface area (Å²) in [6.45, 7) is 35.7. The van der Waals surface area contributed by atoms with Gasteiger partial charge in [-0.2, -0.15) is 6.42 Å². The molecular formula is C79H201N19O3Y8-8. The van der Waals surface area contributed by atoms with E-state index in [0.717, 1.165) is 177 Å². The van der Waals surface area contributed by atoms with Gasteiger partial charge in [0.25, 0.3) is 0 Å². The fraction of sp³-hybridized carbons (Fsp3) is 0.911. The number of rotatable bonds is 0. The Labute approximate surface area is 895 Å². The zero-order valence-corrected chi connectivity index (χ0v) is 83.1. The number of aliphatic hydroxyl groups excluding tert-OH is 1. The summed E-state index contributed by atoms with van der Waals surface area (Å²) < 4.78 is 6.99. The number of aryl methyl sites for hydroxylation is 1. The molecule has 22 nitrogen and oxygen atoms in total. The smallest absolute Gasteiger partial charge is 0.234 e. The maximum atomic E-state index is 10.5. The van der Waals surface area contributed by atoms with Crippen LogP contribution in [0.25, 0.3) is 26.7 Å². The molecular weight excluding hydrogens is 1970 g/mol. The number of likely N-dealkylation sites (N-methyl/N-ethyl adjacent to an activating group) is 7. The molecule has 0 bridgehead atoms. The third-order valence-corrected chi connectivity index (χ3v) is 14.6. The SMILES string of the molecule is C.C.C.C.C.C.C.C.C.C.C.C.C.C.C.C.C.C.CN1CCCC(O)C1.CN1CCCCC1.CN1CCC[N-]1.CN1CCC[N-]CC1.CN1CCNC(=O)C1.CN1CCOCC1.CN1CC[N-]CC1.CN1CC[N-]CC1.CN1CC[N-]CC1.CN1C[CH-]C1.CN1C[CH-]CC1.Cn1ccnc1.[CH3-].[Y].[Y].[Y].[Y].[Y].[Y].[Y].[Y]. The number of piperidine rings is 2. The second-order valence-corrected chi connectivity index (χ2v) is 23.4. The predicted molar refractivity (Wildman–Crippen MR) is 474 cm³/mol. The van der Waals surface area contributed by atoms with E-state index in [-0.39, 0.29) is 415 Å². The molecule has 30 heteroatoms. The maximum Gasteiger partial charge on any atom is 0.234 e. The Kier molecular flexibility index (Phi) is 250. The van der Waals surface area contributed by atoms with Crippen molar-refractivity contribution >= 4 is 5.91 Å². The minimum absolute atomic E-state index is 0. The first-order valence-corrected chi connectivity index (χ1v) is 31.4. The maximum absolute atomic E-state index is 10.5. The van der Waals surface area contributed by atoms with Crippen molar-refractivity contribution in [2.75, 3.05) is 294 Å². The number of carbonyl (C=O) groups excluding carboxylic acids is 1. The Morgan fingerprint density at radius 3 is 0.936 bits per heavy atom. The number of β-amino-alcohol motifs (C(OH)–C–C–N with tert-alkyl or cyclic N) is 1. The van der Waals surface area contributed by atoms with Crippen LogP contribution in [0.1, 0.15) is 185 Å². The fourth-order valence-corrected chi connectivity index (χ4v) is 8.69. The van der Waals surface area contributed by atoms with Crippen molar-refractivity contribution in [2.45, 2.75) is 191 Å². The minimum Gasteiger partial charge on any atom is -0.661 e. The Morgan fingerprint density at radius 2 is 0.743 bits per heavy atom. The van der Waals surface area contributed by atoms with Crippen LogP contribution in [0.2, 0.25) is 0 Å². The van der Waals surface area contributed by atoms with Crippen molar-refractivity contribution in [1.29, 1.82) is 0 Å². The number of likely N-dealkylation sites (tertiary alicyclic amines) is 4. The molecule has 1 aromatic rings. The first kappa shape index (κ1) is 194. The van der Waals surface area contributed by atoms with Crippen molar-refractivity contribution in [3.8, 4) is 0 Å². The van der Waals surface area contributed by atoms with Gasteiger partial charge in [-0.15, -0.1) is 78.5 Å². The van der Waals surface area contributed by atoms with E-state index in [4.69, 9.17) is 9.84 Å². The number of nitrogens with zero attached hydrogens (tertiary/aromatic N) is 18. The van der Waals surface area contributed by atoms with E-state index in [0.29, 0.717) is 6.54 Å². The normalized spacial score (nSPS) is 18.5. The molecule has 8 radical (unpaired) electrons. The average molecular weight is 2180 g/mol. The molecule has 1 atom stereocenters. The van der Waals surface area contributed by atoms with E-state index in [1.54, 1.807) is 12.5 Å². The van der Waals surface area contributed by atoms with Crippen LogP contribution in [0.15, 0.2) is 18.7 Å². The van der Waals surface area contributed by atoms with Gasteiger partial charge in [-0.3, -0.25) is 9.69 Å². The summed E-state index contributed by atoms with van der Waals surface area (Å²) in [4.78, 5) is 36.9. The molecule has 0 aliphatic carbocycles. The second kappa shape index (κ2) is 141. The summed E-state index contributed by atoms with van der Waals surface area (Å²) in [5.74, 6) is 0.138. The molecule has 0 spiro atoms. The van der Waals surface area contributed by atoms with Gasteiger partial charge >= 0.3 is 0 Å². The van der Waals surface area contributed by atoms with E-state index in [1.165, 1.54) is 84.3 Å². The van der Waals surface area contributed by atoms with E-state index in [9.17, 15) is 4.79 Å². The van der Waals surface area contributed by atoms with Gasteiger partial charge in [-0.05, 0) is 188 Å². The molecule has 662 valence electrons. The first-order chi connectivity index (χ1) is 39.5. The Balaban J connectivity index is -0.0000000264. The molecule has 0 aromatic carbocycles. The van der Waals surface area contributed by atoms with Gasteiger partial charge in [-0.1, -0.05) is 153 Å². The number of piperazine rings is 4. The molecule has 2 N–H and O–H groups in total. The molecule has 1 unspecified atom stereocenters. The standard InChI is InChI=1S/C6H13N2.C6H13NO.C6H13N.C5H10N2O.3C5H11N2.C5H11NO.C5H10N.C4H6N2.C4H9N2.C4H8N.18CH4.CH3.8Y/c1-8-5-2-3-7-4-6-8;1-7-4-2-3-6(8)5-7;1-7-5-3-2-4-6-7;1-7-3-2-6-5(8)4-7;3*1-7-4-2-6-3-5-7;1-6-2-4-7-5-3-6;1-6-4-2-3-5-6;1-6-3-2-5-4-6;1-6-4-2-3-5-6;1-5-3-2-4-5;;;;;;;;;;;;;;;;;;;;;;;;;;;/h2-6H2,1H3;6,8H,2-5H2,1H3;2-6H2,1H3;2-4H2,1H3,(H,6,8);4*2-5H2,1H3;2H,3-5H2,1H3;2-4H,1H3;2-4H2,1H3;2H,3-4H2,1H3;18*1H4;1H3;;;;;;;;/q-1;;;;3*-1;;-1;;2*-1;;;;;;;;;;;;;;;;;;;-1;;;;;;;;. The zero-order valence-electron chi connectivity index (χ0n) is 60.4. The number of hydrogen-bond donors (Lipinski definition) is 2. The molecule has 11 saturated heterocycles. The van der Waals surface area contributed by atoms with Crippen LogP contribution in [0, 0.1) is 20.3 Å². The number of hydrogen-bond acceptors (Lipinski definition) is 15. The number of nitrogens with one attached hydrogen (secondary N) is 1. The van der Waals surface area contributed by atoms with Crippen LogP contribution in [-0.4, -0.2) is 374 Å². The molecule has 0 saturated carbocycles. The van der Waals surface area contributed by atoms with E-state index >= 15 is 0 Å². The molecule has 1 aromatic heterocycles. The van der Waals surface area contributed by atoms with Gasteiger partial charge in [0.2, 0.25) is 5.91 Å². The van der Waals surface area contributed by atoms with Crippen LogP contribution in [-0.2, 0) is 278 Å². The number of carbonyl (C=O) groups is 1. The number of morpholine rings is 1. The fourth-order valence-electron chi connectivity index (χ4n) is 8.69. The van der Waals surface area contributed by atoms with E-state index in [1.807, 2.05) is 48.9 Å². The average Bonchev–Trinajstić information content (AvgIpc) is 1.94. The van der Waals surface area contributed by atoms with Crippen LogP contribution >= 0.6 is 0 Å². The van der Waals surface area contributed by atoms with Gasteiger partial charge in [0.15, 0.2) is 0 Å². The Bertz CT molecular complexity index is 1390. The monoisotopic (exact) mass is 2180 g/mol. The van der Waals surface area contributed by atoms with Crippen molar-refractivity contribution in [3.05, 3.63) is 65.7 Å². The van der Waals surface area contributed by atoms with Crippen LogP contribution in [0.4, 0.5) is 0 Å². The number of aromatic nitrogens is 2. The van der Waals surface area contributed by atoms with Gasteiger partial charge < -0.3 is 116 Å². The van der Waals surface area contributed by atoms with Crippen molar-refractivity contribution in [3.63, 3.8) is 0 Å². The largest absolute Gasteiger partial charge is 0.661 e. The van der Waals surface area contributed by atoms with Crippen molar-refractivity contribution in [2.24, 2.45) is 7.05 Å². The summed E-state index contributed by atoms with van der Waals surface area (Å²) in [7, 11) is 25.0. The van der Waals surface area contributed by atoms with Crippen molar-refractivity contribution in [1.82, 2.24) is 68.9 Å². The minimum atomic E-state index is -0.0613. The van der Waals surface area contributed by atoms with Crippen LogP contribution < -0.4 is 5.32 Å². The molecule has 109 heavy (non-hydrogen) atoms. The Morgan fingerprint density at radius 1 is 0.394 bits per heavy atom. The Hall–Kier alpha value is 6.79. The third kappa shape index (κ3) is 138. The van der Waals surface area contributed by atoms with E-state index in [2.05, 4.69) is 150 Å². The predicted octanol–water partition coefficient (Wildman–Crippen LogP) is 15.4. The second-order valence-electron chi connectivity index (χ2n) is 23.4. The first-order valence-electron chi connectivity index (χ1n) is 31.4. The van der Waals surface area contributed by atoms with Gasteiger partial charge in [0.1, 0.15) is 0 Å². The number of imidazole rings is 1. The summed E-state index contributed by atoms with van der Waals surface area (Å²) in [5.41, 5.74) is 4.07. The quantitative estimate of drug-likeness (QED) is 0.234. The summed E-state index contributed by atoms with van der Waals surface area (Å²) in [6, 6.07) is 0. The summed E-state index contributed by atoms with van der Waals surface area (Å²) in [6.07, 6.45) is 20.1. The molecule has 12 heterocycles. The summed E-state index contributed by atoms with van der Waals surface area (Å²) >= 11 is 0. The number of amides is 1. The number of aliphatic hydroxyl groups is 1. The molecule has 1 amide bonds. The molecule has 11 fully saturated rings. The van der Waals surface area contributed by atoms with Gasteiger partial charge in [0.05, 0.1) is 32.2 Å². The molecule has 12 rings (SSSR count). The van der Waals surface area contributed by atoms with Crippen LogP contribution in [0.5, 0.6) is 0 Å².